The van der Waals surface area contributed by atoms with E-state index in [2.05, 4.69) is 46.4 Å². The van der Waals surface area contributed by atoms with Crippen LogP contribution in [0.5, 0.6) is 0 Å². The molecule has 0 saturated carbocycles. The largest absolute Gasteiger partial charge is 1.00 e. The zero-order chi connectivity index (χ0) is 44.0. The van der Waals surface area contributed by atoms with Gasteiger partial charge in [-0.05, 0) is 54.1 Å². The number of nitrogens with zero attached hydrogens (tertiary/aromatic N) is 4. The van der Waals surface area contributed by atoms with Gasteiger partial charge in [0.2, 0.25) is 27.6 Å². The van der Waals surface area contributed by atoms with Crippen LogP contribution >= 0.6 is 11.6 Å². The van der Waals surface area contributed by atoms with E-state index in [1.165, 1.54) is 12.1 Å². The van der Waals surface area contributed by atoms with Crippen LogP contribution in [0.15, 0.2) is 91.4 Å². The van der Waals surface area contributed by atoms with Gasteiger partial charge < -0.3 is 33.6 Å². The van der Waals surface area contributed by atoms with E-state index in [1.807, 2.05) is 0 Å². The molecular weight excluding hydrogens is 1040 g/mol. The number of benzene rings is 4. The molecule has 1 aliphatic rings. The van der Waals surface area contributed by atoms with Crippen LogP contribution in [-0.4, -0.2) is 99.1 Å². The van der Waals surface area contributed by atoms with Gasteiger partial charge in [-0.15, -0.1) is 5.56 Å². The maximum atomic E-state index is 13.9. The molecule has 0 aliphatic heterocycles. The summed E-state index contributed by atoms with van der Waals surface area (Å²) in [6, 6.07) is 11.3. The number of carbonyl (C=O) groups excluding carboxylic acids is 1. The fourth-order valence-electron chi connectivity index (χ4n) is 5.47. The Labute approximate surface area is 486 Å². The van der Waals surface area contributed by atoms with Gasteiger partial charge in [0.25, 0.3) is 0 Å². The first-order valence-electron chi connectivity index (χ1n) is 15.8. The van der Waals surface area contributed by atoms with Crippen molar-refractivity contribution in [3.05, 3.63) is 89.2 Å². The number of anilines is 5. The monoisotopic (exact) mass is 1050 g/mol. The van der Waals surface area contributed by atoms with Crippen molar-refractivity contribution >= 4 is 119 Å². The fourth-order valence-corrected chi connectivity index (χ4v) is 9.17. The van der Waals surface area contributed by atoms with Crippen molar-refractivity contribution in [3.8, 4) is 0 Å². The average Bonchev–Trinajstić information content (AvgIpc) is 3.12. The number of hydrogen-bond donors (Lipinski definition) is 3. The zero-order valence-corrected chi connectivity index (χ0v) is 48.9. The molecule has 23 nitrogen and oxygen atoms in total. The predicted molar refractivity (Wildman–Crippen MR) is 203 cm³/mol. The van der Waals surface area contributed by atoms with Gasteiger partial charge in [-0.25, -0.2) is 42.1 Å². The third kappa shape index (κ3) is 16.0. The fraction of sp³-hybridized carbons (Fsp3) is 0.0645. The molecule has 0 fully saturated rings. The first kappa shape index (κ1) is 62.5. The Morgan fingerprint density at radius 3 is 1.86 bits per heavy atom. The van der Waals surface area contributed by atoms with Crippen molar-refractivity contribution in [1.82, 2.24) is 15.0 Å². The smallest absolute Gasteiger partial charge is 0.744 e. The second-order valence-corrected chi connectivity index (χ2v) is 19.4. The normalized spacial score (nSPS) is 13.2. The SMILES string of the molecule is O=C1/C(=N\Nc2ccc3c(S(=O)(=O)[O-])cccc3c2S(=O)(=O)[O-])[C-]=Cc2cc(S(=O)(=O)[O-])cc(Nc3nc(Cl)nc(Nc4ccc(S(=O)(=O)CCOS(=O)(=O)[O-])cc4)n3)c21.[Na+].[Na+].[Na+].[Na+].[Na+]. The molecule has 4 aromatic carbocycles. The Morgan fingerprint density at radius 2 is 1.29 bits per heavy atom. The summed E-state index contributed by atoms with van der Waals surface area (Å²) in [5, 5.41) is 7.81. The topological polar surface area (TPSA) is 376 Å². The number of Topliss-reactive ketones (excluding diaryl/α,β-unsaturated/α-hetero) is 1. The predicted octanol–water partition coefficient (Wildman–Crippen LogP) is -13.4. The van der Waals surface area contributed by atoms with Crippen LogP contribution in [0.4, 0.5) is 29.0 Å². The molecule has 5 aromatic rings. The van der Waals surface area contributed by atoms with Crippen molar-refractivity contribution in [1.29, 1.82) is 0 Å². The van der Waals surface area contributed by atoms with E-state index in [0.717, 1.165) is 60.7 Å². The number of hydrazone groups is 1. The van der Waals surface area contributed by atoms with E-state index in [9.17, 15) is 65.1 Å². The summed E-state index contributed by atoms with van der Waals surface area (Å²) in [7, 11) is -24.9. The molecule has 0 spiro atoms. The van der Waals surface area contributed by atoms with Crippen LogP contribution in [0.1, 0.15) is 15.9 Å². The summed E-state index contributed by atoms with van der Waals surface area (Å²) >= 11 is 6.09. The maximum absolute atomic E-state index is 13.9. The standard InChI is InChI=1S/C31H23ClN7O16S5.5Na/c32-29-35-30(33-17-5-7-18(8-6-17)56(41,42)13-12-55-60(52,53)54)37-31(36-29)34-24-15-19(57(43,44)45)14-16-4-10-22(27(40)26(16)24)38-39-23-11-9-20-21(28(23)59(49,50)51)2-1-3-25(20)58(46,47)48;;;;;/h1-9,11,14-15,39H,12-13H2,(H,43,44,45)(H,46,47,48)(H,49,50,51)(H,52,53,54)(H2,33,34,35,36,37);;;;;/q-1;5*+1/p-4/b38-22-;;;;;. The Balaban J connectivity index is 0.00000422. The number of hydrogen-bond acceptors (Lipinski definition) is 23. The van der Waals surface area contributed by atoms with Crippen molar-refractivity contribution in [2.45, 2.75) is 19.6 Å². The van der Waals surface area contributed by atoms with Crippen LogP contribution < -0.4 is 164 Å². The maximum Gasteiger partial charge on any atom is 1.00 e. The molecule has 34 heteroatoms. The van der Waals surface area contributed by atoms with Crippen molar-refractivity contribution < 1.29 is 217 Å². The first-order valence-corrected chi connectivity index (χ1v) is 23.4. The van der Waals surface area contributed by atoms with Gasteiger partial charge in [-0.2, -0.15) is 32.2 Å². The van der Waals surface area contributed by atoms with Crippen LogP contribution in [0.2, 0.25) is 5.28 Å². The van der Waals surface area contributed by atoms with Gasteiger partial charge in [0, 0.05) is 32.8 Å². The molecule has 316 valence electrons. The van der Waals surface area contributed by atoms with E-state index >= 15 is 0 Å². The Morgan fingerprint density at radius 1 is 0.677 bits per heavy atom. The molecular formula is C31H19ClN7Na5O16S5. The number of nitrogens with one attached hydrogen (secondary N) is 3. The molecule has 0 bridgehead atoms. The number of allylic oxidation sites excluding steroid dienone is 1. The third-order valence-electron chi connectivity index (χ3n) is 7.92. The summed E-state index contributed by atoms with van der Waals surface area (Å²) in [6.07, 6.45) is 3.50. The van der Waals surface area contributed by atoms with Gasteiger partial charge in [0.15, 0.2) is 9.84 Å². The minimum absolute atomic E-state index is 0. The number of halogens is 1. The van der Waals surface area contributed by atoms with Crippen molar-refractivity contribution in [2.75, 3.05) is 28.4 Å². The molecule has 6 rings (SSSR count). The average molecular weight is 1060 g/mol. The summed E-state index contributed by atoms with van der Waals surface area (Å²) in [5.74, 6) is -2.61. The minimum atomic E-state index is -5.42. The van der Waals surface area contributed by atoms with Crippen LogP contribution in [-0.2, 0) is 54.8 Å². The number of aromatic nitrogens is 3. The van der Waals surface area contributed by atoms with Crippen LogP contribution in [0, 0.1) is 6.08 Å². The van der Waals surface area contributed by atoms with E-state index < -0.39 is 123 Å². The van der Waals surface area contributed by atoms with Crippen molar-refractivity contribution in [3.63, 3.8) is 0 Å². The molecule has 3 N–H and O–H groups in total. The third-order valence-corrected chi connectivity index (χ3v) is 12.9. The summed E-state index contributed by atoms with van der Waals surface area (Å²) in [6.45, 7) is -0.921. The number of carbonyl (C=O) groups is 1. The second kappa shape index (κ2) is 24.5. The number of fused-ring (bicyclic) bond motifs is 2. The Bertz CT molecular complexity index is 3280. The number of rotatable bonds is 14. The minimum Gasteiger partial charge on any atom is -0.744 e. The first-order chi connectivity index (χ1) is 27.8. The number of ketones is 1. The molecule has 1 aliphatic carbocycles. The van der Waals surface area contributed by atoms with Crippen molar-refractivity contribution in [2.24, 2.45) is 5.10 Å². The van der Waals surface area contributed by atoms with Gasteiger partial charge in [0.1, 0.15) is 36.1 Å². The molecule has 0 unspecified atom stereocenters. The van der Waals surface area contributed by atoms with Gasteiger partial charge >= 0.3 is 148 Å². The van der Waals surface area contributed by atoms with E-state index in [0.29, 0.717) is 0 Å². The van der Waals surface area contributed by atoms with Gasteiger partial charge in [0.05, 0.1) is 32.7 Å². The quantitative estimate of drug-likeness (QED) is 0.0306. The molecule has 1 heterocycles. The Hall–Kier alpha value is -0.530. The van der Waals surface area contributed by atoms with E-state index in [1.54, 1.807) is 0 Å². The number of sulfone groups is 1. The van der Waals surface area contributed by atoms with E-state index in [4.69, 9.17) is 11.6 Å². The van der Waals surface area contributed by atoms with Crippen LogP contribution in [0.25, 0.3) is 16.8 Å². The molecule has 0 radical (unpaired) electrons. The van der Waals surface area contributed by atoms with Gasteiger partial charge in [-0.1, -0.05) is 29.8 Å². The summed E-state index contributed by atoms with van der Waals surface area (Å²) < 4.78 is 170. The van der Waals surface area contributed by atoms with E-state index in [-0.39, 0.29) is 175 Å². The molecule has 0 saturated heterocycles. The molecule has 0 atom stereocenters. The summed E-state index contributed by atoms with van der Waals surface area (Å²) in [5.41, 5.74) is 0.316. The molecule has 65 heavy (non-hydrogen) atoms. The molecule has 0 amide bonds. The van der Waals surface area contributed by atoms with Gasteiger partial charge in [-0.3, -0.25) is 9.61 Å². The Kier molecular flexibility index (Phi) is 23.6. The second-order valence-electron chi connectivity index (χ2n) is 11.9. The summed E-state index contributed by atoms with van der Waals surface area (Å²) in [4.78, 5) is 22.8. The molecule has 1 aromatic heterocycles. The van der Waals surface area contributed by atoms with Crippen LogP contribution in [0.3, 0.4) is 0 Å². The zero-order valence-electron chi connectivity index (χ0n) is 34.1.